The lowest BCUT2D eigenvalue weighted by Gasteiger charge is -2.19. The van der Waals surface area contributed by atoms with Gasteiger partial charge in [0.05, 0.1) is 12.2 Å². The molecule has 0 radical (unpaired) electrons. The zero-order chi connectivity index (χ0) is 13.4. The Hall–Kier alpha value is -2.14. The summed E-state index contributed by atoms with van der Waals surface area (Å²) in [6, 6.07) is 8.60. The van der Waals surface area contributed by atoms with E-state index >= 15 is 0 Å². The highest BCUT2D eigenvalue weighted by Crippen LogP contribution is 2.40. The number of para-hydroxylation sites is 1. The first kappa shape index (κ1) is 11.9. The van der Waals surface area contributed by atoms with Crippen LogP contribution in [0.2, 0.25) is 0 Å². The molecular formula is C14H12O5. The Labute approximate surface area is 109 Å². The quantitative estimate of drug-likeness (QED) is 0.503. The minimum Gasteiger partial charge on any atom is -0.481 e. The molecule has 0 aliphatic carbocycles. The number of hydrogen-bond acceptors (Lipinski definition) is 4. The Morgan fingerprint density at radius 2 is 1.68 bits per heavy atom. The normalized spacial score (nSPS) is 31.4. The standard InChI is InChI=1S/C14H12O5/c15-13(16)11-9-6-7-10(19-9)12(11)14(17)18-8-4-2-1-3-5-8/h1-7,9-12H,(H,15,16)/t9-,10+,11-,12+/m0/s1. The predicted molar refractivity (Wildman–Crippen MR) is 64.5 cm³/mol. The van der Waals surface area contributed by atoms with Gasteiger partial charge in [-0.2, -0.15) is 0 Å². The molecule has 2 bridgehead atoms. The van der Waals surface area contributed by atoms with Crippen molar-refractivity contribution in [2.24, 2.45) is 11.8 Å². The first-order chi connectivity index (χ1) is 9.16. The van der Waals surface area contributed by atoms with E-state index in [-0.39, 0.29) is 0 Å². The Bertz CT molecular complexity index is 536. The SMILES string of the molecule is O=C(O)[C@@H]1[C@H](C(=O)Oc2ccccc2)[C@H]2C=C[C@@H]1O2. The van der Waals surface area contributed by atoms with E-state index in [1.165, 1.54) is 0 Å². The highest BCUT2D eigenvalue weighted by atomic mass is 16.5. The summed E-state index contributed by atoms with van der Waals surface area (Å²) in [5, 5.41) is 9.20. The Balaban J connectivity index is 1.79. The van der Waals surface area contributed by atoms with Gasteiger partial charge in [-0.05, 0) is 12.1 Å². The number of rotatable bonds is 3. The topological polar surface area (TPSA) is 72.8 Å². The van der Waals surface area contributed by atoms with Crippen LogP contribution in [0.5, 0.6) is 5.75 Å². The average Bonchev–Trinajstić information content (AvgIpc) is 2.99. The molecule has 98 valence electrons. The Kier molecular flexibility index (Phi) is 2.83. The minimum absolute atomic E-state index is 0.406. The van der Waals surface area contributed by atoms with Crippen molar-refractivity contribution >= 4 is 11.9 Å². The maximum atomic E-state index is 12.1. The van der Waals surface area contributed by atoms with Crippen molar-refractivity contribution in [3.05, 3.63) is 42.5 Å². The number of carboxylic acids is 1. The fraction of sp³-hybridized carbons (Fsp3) is 0.286. The van der Waals surface area contributed by atoms with E-state index < -0.39 is 36.0 Å². The third-order valence-electron chi connectivity index (χ3n) is 3.42. The van der Waals surface area contributed by atoms with Crippen LogP contribution in [0.25, 0.3) is 0 Å². The predicted octanol–water partition coefficient (Wildman–Crippen LogP) is 1.25. The fourth-order valence-corrected chi connectivity index (χ4v) is 2.56. The third-order valence-corrected chi connectivity index (χ3v) is 3.42. The summed E-state index contributed by atoms with van der Waals surface area (Å²) in [6.45, 7) is 0. The highest BCUT2D eigenvalue weighted by molar-refractivity contribution is 5.85. The lowest BCUT2D eigenvalue weighted by molar-refractivity contribution is -0.151. The summed E-state index contributed by atoms with van der Waals surface area (Å²) < 4.78 is 10.6. The monoisotopic (exact) mass is 260 g/mol. The Morgan fingerprint density at radius 1 is 1.05 bits per heavy atom. The molecule has 1 saturated heterocycles. The van der Waals surface area contributed by atoms with Crippen LogP contribution < -0.4 is 4.74 Å². The summed E-state index contributed by atoms with van der Waals surface area (Å²) >= 11 is 0. The van der Waals surface area contributed by atoms with Gasteiger partial charge in [0.1, 0.15) is 17.6 Å². The molecule has 4 atom stereocenters. The molecule has 5 nitrogen and oxygen atoms in total. The molecule has 0 amide bonds. The van der Waals surface area contributed by atoms with Crippen molar-refractivity contribution in [1.82, 2.24) is 0 Å². The molecule has 0 spiro atoms. The molecule has 2 aliphatic heterocycles. The lowest BCUT2D eigenvalue weighted by atomic mass is 9.83. The van der Waals surface area contributed by atoms with Crippen molar-refractivity contribution in [2.45, 2.75) is 12.2 Å². The van der Waals surface area contributed by atoms with Crippen LogP contribution in [0, 0.1) is 11.8 Å². The van der Waals surface area contributed by atoms with Crippen LogP contribution >= 0.6 is 0 Å². The molecule has 1 aromatic rings. The number of ether oxygens (including phenoxy) is 2. The van der Waals surface area contributed by atoms with Crippen molar-refractivity contribution < 1.29 is 24.2 Å². The first-order valence-electron chi connectivity index (χ1n) is 6.00. The largest absolute Gasteiger partial charge is 0.481 e. The van der Waals surface area contributed by atoms with Crippen LogP contribution in [0.1, 0.15) is 0 Å². The van der Waals surface area contributed by atoms with Crippen molar-refractivity contribution in [2.75, 3.05) is 0 Å². The number of benzene rings is 1. The molecule has 0 unspecified atom stereocenters. The molecule has 0 saturated carbocycles. The fourth-order valence-electron chi connectivity index (χ4n) is 2.56. The van der Waals surface area contributed by atoms with Crippen molar-refractivity contribution in [1.29, 1.82) is 0 Å². The zero-order valence-electron chi connectivity index (χ0n) is 9.93. The van der Waals surface area contributed by atoms with E-state index in [1.807, 2.05) is 0 Å². The number of fused-ring (bicyclic) bond motifs is 2. The van der Waals surface area contributed by atoms with Gasteiger partial charge in [0, 0.05) is 0 Å². The van der Waals surface area contributed by atoms with Gasteiger partial charge in [-0.15, -0.1) is 0 Å². The van der Waals surface area contributed by atoms with Crippen molar-refractivity contribution in [3.8, 4) is 5.75 Å². The summed E-state index contributed by atoms with van der Waals surface area (Å²) in [5.41, 5.74) is 0. The van der Waals surface area contributed by atoms with Crippen LogP contribution in [0.3, 0.4) is 0 Å². The van der Waals surface area contributed by atoms with Crippen molar-refractivity contribution in [3.63, 3.8) is 0 Å². The summed E-state index contributed by atoms with van der Waals surface area (Å²) in [7, 11) is 0. The number of esters is 1. The molecule has 1 aromatic carbocycles. The van der Waals surface area contributed by atoms with Gasteiger partial charge in [0.2, 0.25) is 0 Å². The maximum Gasteiger partial charge on any atom is 0.318 e. The van der Waals surface area contributed by atoms with E-state index in [1.54, 1.807) is 42.5 Å². The second-order valence-corrected chi connectivity index (χ2v) is 4.57. The summed E-state index contributed by atoms with van der Waals surface area (Å²) in [4.78, 5) is 23.4. The van der Waals surface area contributed by atoms with Gasteiger partial charge < -0.3 is 14.6 Å². The molecule has 2 heterocycles. The number of aliphatic carboxylic acids is 1. The molecule has 1 N–H and O–H groups in total. The number of carboxylic acid groups (broad SMARTS) is 1. The molecule has 19 heavy (non-hydrogen) atoms. The van der Waals surface area contributed by atoms with Gasteiger partial charge in [-0.3, -0.25) is 9.59 Å². The second-order valence-electron chi connectivity index (χ2n) is 4.57. The van der Waals surface area contributed by atoms with Gasteiger partial charge in [-0.25, -0.2) is 0 Å². The van der Waals surface area contributed by atoms with Crippen LogP contribution in [0.15, 0.2) is 42.5 Å². The molecule has 1 fully saturated rings. The Morgan fingerprint density at radius 3 is 2.32 bits per heavy atom. The first-order valence-corrected chi connectivity index (χ1v) is 6.00. The number of hydrogen-bond donors (Lipinski definition) is 1. The zero-order valence-corrected chi connectivity index (χ0v) is 9.93. The highest BCUT2D eigenvalue weighted by Gasteiger charge is 2.54. The van der Waals surface area contributed by atoms with Gasteiger partial charge in [0.15, 0.2) is 0 Å². The van der Waals surface area contributed by atoms with Gasteiger partial charge in [-0.1, -0.05) is 30.4 Å². The smallest absolute Gasteiger partial charge is 0.318 e. The molecular weight excluding hydrogens is 248 g/mol. The summed E-state index contributed by atoms with van der Waals surface area (Å²) in [5.74, 6) is -2.84. The lowest BCUT2D eigenvalue weighted by Crippen LogP contribution is -2.38. The van der Waals surface area contributed by atoms with Gasteiger partial charge in [0.25, 0.3) is 0 Å². The molecule has 0 aromatic heterocycles. The maximum absolute atomic E-state index is 12.1. The number of carbonyl (C=O) groups excluding carboxylic acids is 1. The van der Waals surface area contributed by atoms with E-state index in [0.29, 0.717) is 5.75 Å². The molecule has 5 heteroatoms. The second kappa shape index (κ2) is 4.51. The third kappa shape index (κ3) is 2.02. The van der Waals surface area contributed by atoms with E-state index in [2.05, 4.69) is 0 Å². The van der Waals surface area contributed by atoms with E-state index in [9.17, 15) is 14.7 Å². The van der Waals surface area contributed by atoms with E-state index in [0.717, 1.165) is 0 Å². The molecule has 2 aliphatic rings. The van der Waals surface area contributed by atoms with Gasteiger partial charge >= 0.3 is 11.9 Å². The summed E-state index contributed by atoms with van der Waals surface area (Å²) in [6.07, 6.45) is 2.38. The van der Waals surface area contributed by atoms with Crippen LogP contribution in [0.4, 0.5) is 0 Å². The number of carbonyl (C=O) groups is 2. The molecule has 3 rings (SSSR count). The minimum atomic E-state index is -1.04. The van der Waals surface area contributed by atoms with Crippen LogP contribution in [-0.4, -0.2) is 29.3 Å². The van der Waals surface area contributed by atoms with E-state index in [4.69, 9.17) is 9.47 Å². The average molecular weight is 260 g/mol. The van der Waals surface area contributed by atoms with Crippen LogP contribution in [-0.2, 0) is 14.3 Å².